The van der Waals surface area contributed by atoms with Crippen molar-refractivity contribution in [3.63, 3.8) is 0 Å². The highest BCUT2D eigenvalue weighted by Gasteiger charge is 2.15. The van der Waals surface area contributed by atoms with Gasteiger partial charge < -0.3 is 14.4 Å². The number of esters is 1. The molecule has 7 nitrogen and oxygen atoms in total. The maximum atomic E-state index is 11.7. The summed E-state index contributed by atoms with van der Waals surface area (Å²) in [5.74, 6) is -0.907. The molecule has 0 spiro atoms. The summed E-state index contributed by atoms with van der Waals surface area (Å²) in [6.07, 6.45) is 3.78. The van der Waals surface area contributed by atoms with Crippen LogP contribution in [0.15, 0.2) is 40.9 Å². The zero-order valence-electron chi connectivity index (χ0n) is 17.4. The number of aryl methyl sites for hydroxylation is 1. The summed E-state index contributed by atoms with van der Waals surface area (Å²) in [5.41, 5.74) is 2.53. The molecule has 1 N–H and O–H groups in total. The second-order valence-corrected chi connectivity index (χ2v) is 6.26. The van der Waals surface area contributed by atoms with Crippen LogP contribution in [0.25, 0.3) is 0 Å². The SMILES string of the molecule is C=C(Cc1nc(Cc2ccc(CCCC)cc2)no1)C(=O)OCCC(=O)O.CC. The van der Waals surface area contributed by atoms with Gasteiger partial charge in [-0.1, -0.05) is 63.2 Å². The zero-order chi connectivity index (χ0) is 21.6. The van der Waals surface area contributed by atoms with Gasteiger partial charge >= 0.3 is 11.9 Å². The molecule has 0 aliphatic rings. The van der Waals surface area contributed by atoms with Crippen molar-refractivity contribution in [3.05, 3.63) is 59.3 Å². The van der Waals surface area contributed by atoms with Gasteiger partial charge in [0.1, 0.15) is 6.61 Å². The summed E-state index contributed by atoms with van der Waals surface area (Å²) in [6.45, 7) is 9.60. The Morgan fingerprint density at radius 2 is 1.83 bits per heavy atom. The fourth-order valence-electron chi connectivity index (χ4n) is 2.41. The molecule has 1 heterocycles. The molecule has 0 unspecified atom stereocenters. The molecule has 2 aromatic rings. The highest BCUT2D eigenvalue weighted by molar-refractivity contribution is 5.88. The standard InChI is InChI=1S/C20H24N2O5.C2H6/c1-3-4-5-15-6-8-16(9-7-15)13-17-21-18(27-22-17)12-14(2)20(25)26-11-10-19(23)24;1-2/h6-9H,2-5,10-13H2,1H3,(H,23,24);1-2H3. The average molecular weight is 402 g/mol. The van der Waals surface area contributed by atoms with Crippen molar-refractivity contribution in [1.82, 2.24) is 10.1 Å². The van der Waals surface area contributed by atoms with Crippen molar-refractivity contribution in [1.29, 1.82) is 0 Å². The maximum Gasteiger partial charge on any atom is 0.333 e. The number of aromatic nitrogens is 2. The Balaban J connectivity index is 0.00000204. The van der Waals surface area contributed by atoms with Crippen molar-refractivity contribution in [2.24, 2.45) is 0 Å². The van der Waals surface area contributed by atoms with Crippen LogP contribution in [0.3, 0.4) is 0 Å². The van der Waals surface area contributed by atoms with Crippen LogP contribution in [0.5, 0.6) is 0 Å². The fourth-order valence-corrected chi connectivity index (χ4v) is 2.41. The number of carbonyl (C=O) groups excluding carboxylic acids is 1. The lowest BCUT2D eigenvalue weighted by Crippen LogP contribution is -2.12. The van der Waals surface area contributed by atoms with E-state index in [0.29, 0.717) is 12.2 Å². The quantitative estimate of drug-likeness (QED) is 0.445. The number of hydrogen-bond donors (Lipinski definition) is 1. The van der Waals surface area contributed by atoms with Gasteiger partial charge in [0.05, 0.1) is 12.8 Å². The molecule has 0 bridgehead atoms. The number of carboxylic acids is 1. The van der Waals surface area contributed by atoms with Gasteiger partial charge in [-0.3, -0.25) is 4.79 Å². The molecule has 158 valence electrons. The number of nitrogens with zero attached hydrogens (tertiary/aromatic N) is 2. The van der Waals surface area contributed by atoms with Crippen LogP contribution in [0.1, 0.15) is 62.9 Å². The predicted molar refractivity (Wildman–Crippen MR) is 110 cm³/mol. The highest BCUT2D eigenvalue weighted by atomic mass is 16.5. The normalized spacial score (nSPS) is 10.0. The van der Waals surface area contributed by atoms with E-state index in [0.717, 1.165) is 12.0 Å². The number of hydrogen-bond acceptors (Lipinski definition) is 6. The summed E-state index contributed by atoms with van der Waals surface area (Å²) in [4.78, 5) is 26.4. The summed E-state index contributed by atoms with van der Waals surface area (Å²) in [5, 5.41) is 12.5. The minimum Gasteiger partial charge on any atom is -0.481 e. The number of benzene rings is 1. The van der Waals surface area contributed by atoms with Gasteiger partial charge in [-0.2, -0.15) is 4.98 Å². The van der Waals surface area contributed by atoms with E-state index < -0.39 is 11.9 Å². The Morgan fingerprint density at radius 3 is 2.45 bits per heavy atom. The Morgan fingerprint density at radius 1 is 1.17 bits per heavy atom. The zero-order valence-corrected chi connectivity index (χ0v) is 17.4. The molecule has 29 heavy (non-hydrogen) atoms. The second-order valence-electron chi connectivity index (χ2n) is 6.26. The molecule has 2 rings (SSSR count). The van der Waals surface area contributed by atoms with E-state index in [9.17, 15) is 9.59 Å². The van der Waals surface area contributed by atoms with Gasteiger partial charge in [0.15, 0.2) is 5.82 Å². The molecule has 1 aromatic carbocycles. The topological polar surface area (TPSA) is 103 Å². The van der Waals surface area contributed by atoms with Crippen molar-refractivity contribution < 1.29 is 24.0 Å². The molecule has 0 amide bonds. The molecule has 0 aliphatic heterocycles. The molecule has 0 aliphatic carbocycles. The van der Waals surface area contributed by atoms with Crippen LogP contribution in [-0.2, 0) is 33.6 Å². The predicted octanol–water partition coefficient (Wildman–Crippen LogP) is 4.15. The molecule has 0 saturated heterocycles. The minimum atomic E-state index is -1.03. The first-order valence-electron chi connectivity index (χ1n) is 9.94. The lowest BCUT2D eigenvalue weighted by molar-refractivity contribution is -0.143. The van der Waals surface area contributed by atoms with E-state index in [1.54, 1.807) is 0 Å². The number of aliphatic carboxylic acids is 1. The Labute approximate surface area is 171 Å². The van der Waals surface area contributed by atoms with Crippen LogP contribution < -0.4 is 0 Å². The van der Waals surface area contributed by atoms with Crippen molar-refractivity contribution in [2.45, 2.75) is 59.3 Å². The Kier molecular flexibility index (Phi) is 11.0. The van der Waals surface area contributed by atoms with Gasteiger partial charge in [-0.15, -0.1) is 0 Å². The Bertz CT molecular complexity index is 781. The number of rotatable bonds is 11. The molecule has 7 heteroatoms. The largest absolute Gasteiger partial charge is 0.481 e. The summed E-state index contributed by atoms with van der Waals surface area (Å²) >= 11 is 0. The van der Waals surface area contributed by atoms with Gasteiger partial charge in [0, 0.05) is 12.0 Å². The lowest BCUT2D eigenvalue weighted by atomic mass is 10.0. The minimum absolute atomic E-state index is 0.0643. The molecule has 0 fully saturated rings. The van der Waals surface area contributed by atoms with E-state index in [1.165, 1.54) is 18.4 Å². The van der Waals surface area contributed by atoms with Crippen molar-refractivity contribution in [3.8, 4) is 0 Å². The van der Waals surface area contributed by atoms with Crippen LogP contribution in [0.2, 0.25) is 0 Å². The van der Waals surface area contributed by atoms with Gasteiger partial charge in [0.25, 0.3) is 0 Å². The summed E-state index contributed by atoms with van der Waals surface area (Å²) < 4.78 is 9.97. The third-order valence-electron chi connectivity index (χ3n) is 3.92. The smallest absolute Gasteiger partial charge is 0.333 e. The number of ether oxygens (including phenoxy) is 1. The van der Waals surface area contributed by atoms with Crippen LogP contribution >= 0.6 is 0 Å². The first-order valence-corrected chi connectivity index (χ1v) is 9.94. The summed E-state index contributed by atoms with van der Waals surface area (Å²) in [6, 6.07) is 8.33. The van der Waals surface area contributed by atoms with Crippen LogP contribution in [0, 0.1) is 0 Å². The Hall–Kier alpha value is -2.96. The first kappa shape index (κ1) is 24.1. The molecule has 1 aromatic heterocycles. The second kappa shape index (κ2) is 13.3. The van der Waals surface area contributed by atoms with Crippen LogP contribution in [-0.4, -0.2) is 33.8 Å². The van der Waals surface area contributed by atoms with E-state index in [4.69, 9.17) is 14.4 Å². The molecule has 0 saturated carbocycles. The van der Waals surface area contributed by atoms with E-state index >= 15 is 0 Å². The van der Waals surface area contributed by atoms with Gasteiger partial charge in [0.2, 0.25) is 5.89 Å². The first-order chi connectivity index (χ1) is 14.0. The monoisotopic (exact) mass is 402 g/mol. The van der Waals surface area contributed by atoms with Crippen LogP contribution in [0.4, 0.5) is 0 Å². The van der Waals surface area contributed by atoms with Gasteiger partial charge in [-0.05, 0) is 24.0 Å². The number of carbonyl (C=O) groups is 2. The highest BCUT2D eigenvalue weighted by Crippen LogP contribution is 2.12. The van der Waals surface area contributed by atoms with Crippen molar-refractivity contribution in [2.75, 3.05) is 6.61 Å². The van der Waals surface area contributed by atoms with Crippen molar-refractivity contribution >= 4 is 11.9 Å². The lowest BCUT2D eigenvalue weighted by Gasteiger charge is -2.03. The maximum absolute atomic E-state index is 11.7. The van der Waals surface area contributed by atoms with Gasteiger partial charge in [-0.25, -0.2) is 4.79 Å². The molecular formula is C22H30N2O5. The molecule has 0 atom stereocenters. The number of carboxylic acid groups (broad SMARTS) is 1. The molecule has 0 radical (unpaired) electrons. The van der Waals surface area contributed by atoms with E-state index in [-0.39, 0.29) is 30.9 Å². The molecular weight excluding hydrogens is 372 g/mol. The summed E-state index contributed by atoms with van der Waals surface area (Å²) in [7, 11) is 0. The third kappa shape index (κ3) is 9.19. The fraction of sp³-hybridized carbons (Fsp3) is 0.455. The third-order valence-corrected chi connectivity index (χ3v) is 3.92. The van der Waals surface area contributed by atoms with E-state index in [2.05, 4.69) is 47.9 Å². The van der Waals surface area contributed by atoms with E-state index in [1.807, 2.05) is 13.8 Å². The average Bonchev–Trinajstić information content (AvgIpc) is 3.15. The number of unbranched alkanes of at least 4 members (excludes halogenated alkanes) is 1.